The van der Waals surface area contributed by atoms with Crippen LogP contribution >= 0.6 is 0 Å². The van der Waals surface area contributed by atoms with E-state index in [9.17, 15) is 8.42 Å². The van der Waals surface area contributed by atoms with E-state index in [-0.39, 0.29) is 6.04 Å². The van der Waals surface area contributed by atoms with Gasteiger partial charge in [-0.15, -0.1) is 0 Å². The largest absolute Gasteiger partial charge is 0.330 e. The fraction of sp³-hybridized carbons (Fsp3) is 1.00. The molecule has 0 radical (unpaired) electrons. The van der Waals surface area contributed by atoms with Gasteiger partial charge in [0.25, 0.3) is 10.2 Å². The smallest absolute Gasteiger partial charge is 0.279 e. The van der Waals surface area contributed by atoms with Gasteiger partial charge in [-0.05, 0) is 44.1 Å². The molecule has 5 nitrogen and oxygen atoms in total. The zero-order chi connectivity index (χ0) is 14.6. The molecule has 118 valence electrons. The van der Waals surface area contributed by atoms with Crippen LogP contribution in [0.1, 0.15) is 51.9 Å². The second kappa shape index (κ2) is 7.20. The summed E-state index contributed by atoms with van der Waals surface area (Å²) in [4.78, 5) is 0. The third kappa shape index (κ3) is 4.16. The van der Waals surface area contributed by atoms with E-state index in [0.717, 1.165) is 38.5 Å². The first kappa shape index (κ1) is 16.2. The molecule has 1 saturated heterocycles. The summed E-state index contributed by atoms with van der Waals surface area (Å²) in [6.45, 7) is 4.09. The molecule has 2 rings (SSSR count). The summed E-state index contributed by atoms with van der Waals surface area (Å²) in [5.41, 5.74) is 5.65. The minimum absolute atomic E-state index is 0.130. The molecule has 0 aromatic heterocycles. The van der Waals surface area contributed by atoms with Gasteiger partial charge >= 0.3 is 0 Å². The fourth-order valence-electron chi connectivity index (χ4n) is 3.44. The predicted molar refractivity (Wildman–Crippen MR) is 81.4 cm³/mol. The van der Waals surface area contributed by atoms with Crippen LogP contribution in [0.15, 0.2) is 0 Å². The van der Waals surface area contributed by atoms with Crippen molar-refractivity contribution in [2.45, 2.75) is 57.9 Å². The average Bonchev–Trinajstić information content (AvgIpc) is 2.47. The van der Waals surface area contributed by atoms with Crippen LogP contribution in [0.3, 0.4) is 0 Å². The van der Waals surface area contributed by atoms with E-state index in [1.807, 2.05) is 0 Å². The highest BCUT2D eigenvalue weighted by molar-refractivity contribution is 7.87. The molecule has 6 heteroatoms. The molecule has 20 heavy (non-hydrogen) atoms. The van der Waals surface area contributed by atoms with Crippen molar-refractivity contribution in [3.05, 3.63) is 0 Å². The standard InChI is InChI=1S/C14H29N3O2S/c1-2-12-4-3-5-14(10-12)16-20(18,19)17-8-6-13(11-15)7-9-17/h12-14,16H,2-11,15H2,1H3. The summed E-state index contributed by atoms with van der Waals surface area (Å²) >= 11 is 0. The van der Waals surface area contributed by atoms with Crippen molar-refractivity contribution in [2.24, 2.45) is 17.6 Å². The van der Waals surface area contributed by atoms with Gasteiger partial charge in [-0.2, -0.15) is 17.4 Å². The monoisotopic (exact) mass is 303 g/mol. The van der Waals surface area contributed by atoms with E-state index < -0.39 is 10.2 Å². The van der Waals surface area contributed by atoms with Crippen LogP contribution in [-0.4, -0.2) is 38.4 Å². The molecule has 3 N–H and O–H groups in total. The molecule has 0 spiro atoms. The second-order valence-electron chi connectivity index (χ2n) is 6.34. The molecule has 0 bridgehead atoms. The molecule has 1 saturated carbocycles. The first-order chi connectivity index (χ1) is 9.55. The summed E-state index contributed by atoms with van der Waals surface area (Å²) in [6, 6.07) is 0.130. The first-order valence-corrected chi connectivity index (χ1v) is 9.46. The van der Waals surface area contributed by atoms with Gasteiger partial charge in [-0.25, -0.2) is 0 Å². The van der Waals surface area contributed by atoms with Gasteiger partial charge in [0, 0.05) is 19.1 Å². The molecule has 1 aliphatic heterocycles. The molecule has 1 aliphatic carbocycles. The Hall–Kier alpha value is -0.170. The highest BCUT2D eigenvalue weighted by Gasteiger charge is 2.31. The predicted octanol–water partition coefficient (Wildman–Crippen LogP) is 1.46. The van der Waals surface area contributed by atoms with Gasteiger partial charge in [-0.1, -0.05) is 26.2 Å². The van der Waals surface area contributed by atoms with Crippen LogP contribution in [0.5, 0.6) is 0 Å². The molecule has 0 aromatic carbocycles. The van der Waals surface area contributed by atoms with Crippen molar-refractivity contribution in [3.8, 4) is 0 Å². The van der Waals surface area contributed by atoms with Crippen molar-refractivity contribution >= 4 is 10.2 Å². The van der Waals surface area contributed by atoms with E-state index in [2.05, 4.69) is 11.6 Å². The van der Waals surface area contributed by atoms with Crippen LogP contribution in [0, 0.1) is 11.8 Å². The second-order valence-corrected chi connectivity index (χ2v) is 8.04. The molecule has 0 amide bonds. The van der Waals surface area contributed by atoms with Crippen molar-refractivity contribution in [2.75, 3.05) is 19.6 Å². The summed E-state index contributed by atoms with van der Waals surface area (Å²) < 4.78 is 29.4. The topological polar surface area (TPSA) is 75.4 Å². The van der Waals surface area contributed by atoms with E-state index in [1.54, 1.807) is 4.31 Å². The van der Waals surface area contributed by atoms with Gasteiger partial charge in [0.05, 0.1) is 0 Å². The number of nitrogens with two attached hydrogens (primary N) is 1. The maximum absolute atomic E-state index is 12.4. The molecule has 2 aliphatic rings. The Bertz CT molecular complexity index is 391. The summed E-state index contributed by atoms with van der Waals surface area (Å²) in [6.07, 6.45) is 7.29. The van der Waals surface area contributed by atoms with Crippen molar-refractivity contribution in [3.63, 3.8) is 0 Å². The zero-order valence-corrected chi connectivity index (χ0v) is 13.4. The lowest BCUT2D eigenvalue weighted by Crippen LogP contribution is -2.49. The van der Waals surface area contributed by atoms with Crippen molar-refractivity contribution < 1.29 is 8.42 Å². The molecule has 2 fully saturated rings. The van der Waals surface area contributed by atoms with E-state index in [1.165, 1.54) is 6.42 Å². The van der Waals surface area contributed by atoms with Gasteiger partial charge in [0.15, 0.2) is 0 Å². The number of nitrogens with one attached hydrogen (secondary N) is 1. The Morgan fingerprint density at radius 2 is 1.85 bits per heavy atom. The Morgan fingerprint density at radius 1 is 1.15 bits per heavy atom. The highest BCUT2D eigenvalue weighted by Crippen LogP contribution is 2.27. The van der Waals surface area contributed by atoms with Gasteiger partial charge in [-0.3, -0.25) is 0 Å². The maximum Gasteiger partial charge on any atom is 0.279 e. The number of hydrogen-bond acceptors (Lipinski definition) is 3. The normalized spacial score (nSPS) is 30.5. The quantitative estimate of drug-likeness (QED) is 0.807. The number of nitrogens with zero attached hydrogens (tertiary/aromatic N) is 1. The SMILES string of the molecule is CCC1CCCC(NS(=O)(=O)N2CCC(CN)CC2)C1. The van der Waals surface area contributed by atoms with Crippen LogP contribution in [0.4, 0.5) is 0 Å². The molecular formula is C14H29N3O2S. The minimum atomic E-state index is -3.30. The van der Waals surface area contributed by atoms with E-state index in [4.69, 9.17) is 5.73 Å². The third-order valence-electron chi connectivity index (χ3n) is 4.92. The molecule has 2 atom stereocenters. The van der Waals surface area contributed by atoms with Crippen LogP contribution < -0.4 is 10.5 Å². The average molecular weight is 303 g/mol. The minimum Gasteiger partial charge on any atom is -0.330 e. The van der Waals surface area contributed by atoms with E-state index in [0.29, 0.717) is 31.5 Å². The Balaban J connectivity index is 1.87. The Labute approximate surface area is 123 Å². The lowest BCUT2D eigenvalue weighted by molar-refractivity contribution is 0.264. The number of rotatable bonds is 5. The van der Waals surface area contributed by atoms with Crippen LogP contribution in [0.25, 0.3) is 0 Å². The third-order valence-corrected chi connectivity index (χ3v) is 6.60. The molecular weight excluding hydrogens is 274 g/mol. The summed E-state index contributed by atoms with van der Waals surface area (Å²) in [5, 5.41) is 0. The van der Waals surface area contributed by atoms with Crippen molar-refractivity contribution in [1.82, 2.24) is 9.03 Å². The first-order valence-electron chi connectivity index (χ1n) is 8.02. The van der Waals surface area contributed by atoms with Gasteiger partial charge in [0.1, 0.15) is 0 Å². The zero-order valence-electron chi connectivity index (χ0n) is 12.6. The summed E-state index contributed by atoms with van der Waals surface area (Å²) in [5.74, 6) is 1.17. The van der Waals surface area contributed by atoms with Gasteiger partial charge < -0.3 is 5.73 Å². The van der Waals surface area contributed by atoms with Gasteiger partial charge in [0.2, 0.25) is 0 Å². The molecule has 0 aromatic rings. The lowest BCUT2D eigenvalue weighted by Gasteiger charge is -2.34. The Kier molecular flexibility index (Phi) is 5.84. The summed E-state index contributed by atoms with van der Waals surface area (Å²) in [7, 11) is -3.30. The maximum atomic E-state index is 12.4. The number of piperidine rings is 1. The molecule has 1 heterocycles. The highest BCUT2D eigenvalue weighted by atomic mass is 32.2. The van der Waals surface area contributed by atoms with E-state index >= 15 is 0 Å². The van der Waals surface area contributed by atoms with Crippen molar-refractivity contribution in [1.29, 1.82) is 0 Å². The lowest BCUT2D eigenvalue weighted by atomic mass is 9.85. The molecule has 2 unspecified atom stereocenters. The Morgan fingerprint density at radius 3 is 2.45 bits per heavy atom. The van der Waals surface area contributed by atoms with Crippen LogP contribution in [0.2, 0.25) is 0 Å². The van der Waals surface area contributed by atoms with Crippen LogP contribution in [-0.2, 0) is 10.2 Å². The fourth-order valence-corrected chi connectivity index (χ4v) is 4.92. The number of hydrogen-bond donors (Lipinski definition) is 2.